The van der Waals surface area contributed by atoms with Crippen molar-refractivity contribution >= 4 is 50.2 Å². The monoisotopic (exact) mass is 469 g/mol. The number of halogens is 1. The number of hydrogen-bond donors (Lipinski definition) is 1. The molecule has 1 N–H and O–H groups in total. The number of aromatic nitrogens is 1. The summed E-state index contributed by atoms with van der Waals surface area (Å²) in [5.41, 5.74) is 0.253. The Morgan fingerprint density at radius 2 is 1.83 bits per heavy atom. The molecule has 0 atom stereocenters. The van der Waals surface area contributed by atoms with E-state index in [-0.39, 0.29) is 36.0 Å². The Morgan fingerprint density at radius 1 is 1.07 bits per heavy atom. The third-order valence-corrected chi connectivity index (χ3v) is 9.10. The van der Waals surface area contributed by atoms with E-state index in [0.717, 1.165) is 16.2 Å². The highest BCUT2D eigenvalue weighted by molar-refractivity contribution is 7.91. The van der Waals surface area contributed by atoms with Crippen LogP contribution >= 0.6 is 34.3 Å². The highest BCUT2D eigenvalue weighted by Gasteiger charge is 2.32. The maximum atomic E-state index is 12.8. The van der Waals surface area contributed by atoms with E-state index in [1.54, 1.807) is 12.1 Å². The van der Waals surface area contributed by atoms with E-state index in [1.165, 1.54) is 32.7 Å². The average Bonchev–Trinajstić information content (AvgIpc) is 3.40. The predicted molar refractivity (Wildman–Crippen MR) is 114 cm³/mol. The van der Waals surface area contributed by atoms with Crippen LogP contribution < -0.4 is 5.56 Å². The lowest BCUT2D eigenvalue weighted by Gasteiger charge is -2.33. The minimum atomic E-state index is -3.63. The molecule has 0 unspecified atom stereocenters. The zero-order valence-corrected chi connectivity index (χ0v) is 18.2. The molecule has 11 heteroatoms. The second kappa shape index (κ2) is 8.04. The van der Waals surface area contributed by atoms with Crippen molar-refractivity contribution in [1.82, 2.24) is 14.2 Å². The fourth-order valence-electron chi connectivity index (χ4n) is 3.08. The first kappa shape index (κ1) is 20.3. The van der Waals surface area contributed by atoms with E-state index in [9.17, 15) is 18.0 Å². The molecule has 29 heavy (non-hydrogen) atoms. The molecule has 0 bridgehead atoms. The second-order valence-electron chi connectivity index (χ2n) is 6.35. The SMILES string of the molecule is O=C(c1ccc(-c2cccs2)[nH]c1=O)N1CCN(S(=O)(=O)c2ccc(Cl)s2)CC1. The number of carbonyl (C=O) groups is 1. The number of amides is 1. The highest BCUT2D eigenvalue weighted by Crippen LogP contribution is 2.28. The molecule has 4 heterocycles. The van der Waals surface area contributed by atoms with Crippen LogP contribution in [0.3, 0.4) is 0 Å². The third kappa shape index (κ3) is 4.03. The Balaban J connectivity index is 1.46. The largest absolute Gasteiger partial charge is 0.336 e. The van der Waals surface area contributed by atoms with Crippen molar-refractivity contribution in [3.05, 3.63) is 62.0 Å². The first-order chi connectivity index (χ1) is 13.9. The van der Waals surface area contributed by atoms with Crippen molar-refractivity contribution in [3.63, 3.8) is 0 Å². The van der Waals surface area contributed by atoms with E-state index < -0.39 is 21.5 Å². The molecule has 0 saturated carbocycles. The summed E-state index contributed by atoms with van der Waals surface area (Å²) in [4.78, 5) is 30.3. The molecule has 0 aromatic carbocycles. The number of hydrogen-bond acceptors (Lipinski definition) is 6. The summed E-state index contributed by atoms with van der Waals surface area (Å²) >= 11 is 8.35. The third-order valence-electron chi connectivity index (χ3n) is 4.60. The molecule has 0 radical (unpaired) electrons. The second-order valence-corrected chi connectivity index (χ2v) is 11.2. The van der Waals surface area contributed by atoms with E-state index >= 15 is 0 Å². The number of thiophene rings is 2. The summed E-state index contributed by atoms with van der Waals surface area (Å²) in [6.45, 7) is 0.746. The van der Waals surface area contributed by atoms with Crippen molar-refractivity contribution in [2.45, 2.75) is 4.21 Å². The molecule has 1 aliphatic rings. The van der Waals surface area contributed by atoms with E-state index in [4.69, 9.17) is 11.6 Å². The number of piperazine rings is 1. The first-order valence-corrected chi connectivity index (χ1v) is 12.2. The van der Waals surface area contributed by atoms with Gasteiger partial charge in [0.05, 0.1) is 14.9 Å². The number of sulfonamides is 1. The van der Waals surface area contributed by atoms with Crippen LogP contribution in [-0.4, -0.2) is 54.7 Å². The topological polar surface area (TPSA) is 90.6 Å². The number of rotatable bonds is 4. The maximum absolute atomic E-state index is 12.8. The van der Waals surface area contributed by atoms with Gasteiger partial charge in [0.25, 0.3) is 21.5 Å². The summed E-state index contributed by atoms with van der Waals surface area (Å²) < 4.78 is 27.3. The molecule has 3 aromatic rings. The van der Waals surface area contributed by atoms with Crippen LogP contribution in [-0.2, 0) is 10.0 Å². The molecular formula is C18H16ClN3O4S3. The van der Waals surface area contributed by atoms with Crippen molar-refractivity contribution in [2.75, 3.05) is 26.2 Å². The van der Waals surface area contributed by atoms with Crippen LogP contribution in [0.5, 0.6) is 0 Å². The Labute approximate surface area is 180 Å². The van der Waals surface area contributed by atoms with Gasteiger partial charge in [0.2, 0.25) is 0 Å². The zero-order chi connectivity index (χ0) is 20.6. The number of nitrogens with one attached hydrogen (secondary N) is 1. The van der Waals surface area contributed by atoms with E-state index in [2.05, 4.69) is 4.98 Å². The van der Waals surface area contributed by atoms with Crippen molar-refractivity contribution in [1.29, 1.82) is 0 Å². The van der Waals surface area contributed by atoms with Crippen LogP contribution in [0.4, 0.5) is 0 Å². The first-order valence-electron chi connectivity index (χ1n) is 8.68. The van der Waals surface area contributed by atoms with Gasteiger partial charge in [0, 0.05) is 26.2 Å². The lowest BCUT2D eigenvalue weighted by Crippen LogP contribution is -2.51. The van der Waals surface area contributed by atoms with Gasteiger partial charge in [-0.1, -0.05) is 17.7 Å². The number of nitrogens with zero attached hydrogens (tertiary/aromatic N) is 2. The number of aromatic amines is 1. The smallest absolute Gasteiger partial charge is 0.261 e. The normalized spacial score (nSPS) is 15.6. The van der Waals surface area contributed by atoms with Gasteiger partial charge in [-0.3, -0.25) is 9.59 Å². The van der Waals surface area contributed by atoms with Crippen LogP contribution in [0, 0.1) is 0 Å². The van der Waals surface area contributed by atoms with Gasteiger partial charge in [-0.15, -0.1) is 22.7 Å². The van der Waals surface area contributed by atoms with Crippen LogP contribution in [0.2, 0.25) is 4.34 Å². The van der Waals surface area contributed by atoms with Gasteiger partial charge in [0.1, 0.15) is 9.77 Å². The highest BCUT2D eigenvalue weighted by atomic mass is 35.5. The fraction of sp³-hybridized carbons (Fsp3) is 0.222. The number of H-pyrrole nitrogens is 1. The average molecular weight is 470 g/mol. The van der Waals surface area contributed by atoms with Gasteiger partial charge in [-0.2, -0.15) is 4.31 Å². The molecule has 0 spiro atoms. The van der Waals surface area contributed by atoms with Gasteiger partial charge in [0.15, 0.2) is 0 Å². The standard InChI is InChI=1S/C18H16ClN3O4S3/c19-15-5-6-16(28-15)29(25,26)22-9-7-21(8-10-22)18(24)12-3-4-13(20-17(12)23)14-2-1-11-27-14/h1-6,11H,7-10H2,(H,20,23). The Hall–Kier alpha value is -1.98. The van der Waals surface area contributed by atoms with Gasteiger partial charge in [-0.25, -0.2) is 8.42 Å². The Morgan fingerprint density at radius 3 is 2.41 bits per heavy atom. The van der Waals surface area contributed by atoms with E-state index in [0.29, 0.717) is 10.0 Å². The lowest BCUT2D eigenvalue weighted by molar-refractivity contribution is 0.0696. The van der Waals surface area contributed by atoms with Gasteiger partial charge < -0.3 is 9.88 Å². The lowest BCUT2D eigenvalue weighted by atomic mass is 10.2. The molecule has 4 rings (SSSR count). The number of carbonyl (C=O) groups excluding carboxylic acids is 1. The molecule has 3 aromatic heterocycles. The molecule has 0 aliphatic carbocycles. The minimum absolute atomic E-state index is 0.0478. The summed E-state index contributed by atoms with van der Waals surface area (Å²) in [7, 11) is -3.63. The van der Waals surface area contributed by atoms with Crippen LogP contribution in [0.25, 0.3) is 10.6 Å². The molecule has 1 fully saturated rings. The number of pyridine rings is 1. The molecular weight excluding hydrogens is 454 g/mol. The zero-order valence-electron chi connectivity index (χ0n) is 15.0. The summed E-state index contributed by atoms with van der Waals surface area (Å²) in [5, 5.41) is 1.91. The minimum Gasteiger partial charge on any atom is -0.336 e. The molecule has 1 aliphatic heterocycles. The molecule has 152 valence electrons. The van der Waals surface area contributed by atoms with Crippen LogP contribution in [0.1, 0.15) is 10.4 Å². The van der Waals surface area contributed by atoms with Crippen molar-refractivity contribution < 1.29 is 13.2 Å². The van der Waals surface area contributed by atoms with Gasteiger partial charge in [-0.05, 0) is 35.7 Å². The quantitative estimate of drug-likeness (QED) is 0.636. The summed E-state index contributed by atoms with van der Waals surface area (Å²) in [6.07, 6.45) is 0. The molecule has 1 amide bonds. The van der Waals surface area contributed by atoms with Crippen molar-refractivity contribution in [3.8, 4) is 10.6 Å². The van der Waals surface area contributed by atoms with Crippen LogP contribution in [0.15, 0.2) is 50.8 Å². The molecule has 1 saturated heterocycles. The Bertz CT molecular complexity index is 1190. The predicted octanol–water partition coefficient (Wildman–Crippen LogP) is 2.97. The Kier molecular flexibility index (Phi) is 5.63. The fourth-order valence-corrected chi connectivity index (χ4v) is 6.85. The van der Waals surface area contributed by atoms with Gasteiger partial charge >= 0.3 is 0 Å². The summed E-state index contributed by atoms with van der Waals surface area (Å²) in [5.74, 6) is -0.403. The summed E-state index contributed by atoms with van der Waals surface area (Å²) in [6, 6.07) is 10.0. The molecule has 7 nitrogen and oxygen atoms in total. The maximum Gasteiger partial charge on any atom is 0.261 e. The van der Waals surface area contributed by atoms with Crippen molar-refractivity contribution in [2.24, 2.45) is 0 Å². The van der Waals surface area contributed by atoms with E-state index in [1.807, 2.05) is 17.5 Å².